The number of aliphatic hydroxyl groups is 4. The van der Waals surface area contributed by atoms with Crippen LogP contribution in [0, 0.1) is 0 Å². The Bertz CT molecular complexity index is 746. The molecule has 52 heavy (non-hydrogen) atoms. The van der Waals surface area contributed by atoms with Crippen molar-refractivity contribution in [1.82, 2.24) is 5.32 Å². The Morgan fingerprint density at radius 1 is 0.442 bits per heavy atom. The highest BCUT2D eigenvalue weighted by Crippen LogP contribution is 2.17. The average Bonchev–Trinajstić information content (AvgIpc) is 3.15. The van der Waals surface area contributed by atoms with Gasteiger partial charge in [-0.2, -0.15) is 0 Å². The molecule has 5 N–H and O–H groups in total. The summed E-state index contributed by atoms with van der Waals surface area (Å²) in [5.41, 5.74) is 0. The molecule has 0 aliphatic rings. The van der Waals surface area contributed by atoms with Gasteiger partial charge in [0.25, 0.3) is 0 Å². The second kappa shape index (κ2) is 41.2. The molecule has 0 saturated carbocycles. The van der Waals surface area contributed by atoms with Gasteiger partial charge >= 0.3 is 0 Å². The number of rotatable bonds is 42. The minimum absolute atomic E-state index is 0.382. The lowest BCUT2D eigenvalue weighted by Gasteiger charge is -2.22. The Balaban J connectivity index is 3.65. The van der Waals surface area contributed by atoms with Gasteiger partial charge in [0.2, 0.25) is 5.91 Å². The minimum atomic E-state index is -1.15. The van der Waals surface area contributed by atoms with Crippen molar-refractivity contribution in [2.45, 2.75) is 269 Å². The van der Waals surface area contributed by atoms with Gasteiger partial charge in [-0.3, -0.25) is 4.79 Å². The molecule has 0 aliphatic heterocycles. The topological polar surface area (TPSA) is 110 Å². The van der Waals surface area contributed by atoms with Crippen molar-refractivity contribution in [3.63, 3.8) is 0 Å². The van der Waals surface area contributed by atoms with Crippen molar-refractivity contribution in [1.29, 1.82) is 0 Å². The van der Waals surface area contributed by atoms with Crippen LogP contribution in [-0.2, 0) is 4.79 Å². The largest absolute Gasteiger partial charge is 0.394 e. The molecule has 6 heteroatoms. The first-order valence-electron chi connectivity index (χ1n) is 23.1. The summed E-state index contributed by atoms with van der Waals surface area (Å²) >= 11 is 0. The summed E-state index contributed by atoms with van der Waals surface area (Å²) in [5, 5.41) is 43.3. The summed E-state index contributed by atoms with van der Waals surface area (Å²) in [5.74, 6) is -0.563. The molecular formula is C46H91NO5. The van der Waals surface area contributed by atoms with E-state index >= 15 is 0 Å². The number of nitrogens with one attached hydrogen (secondary N) is 1. The number of carbonyl (C=O) groups excluding carboxylic acids is 1. The van der Waals surface area contributed by atoms with Crippen LogP contribution in [0.15, 0.2) is 12.2 Å². The number of aliphatic hydroxyl groups excluding tert-OH is 4. The molecule has 0 aliphatic carbocycles. The lowest BCUT2D eigenvalue weighted by molar-refractivity contribution is -0.131. The van der Waals surface area contributed by atoms with Crippen LogP contribution in [-0.4, -0.2) is 57.3 Å². The molecule has 0 saturated heterocycles. The molecule has 1 amide bonds. The summed E-state index contributed by atoms with van der Waals surface area (Å²) in [7, 11) is 0. The normalized spacial score (nSPS) is 14.2. The molecule has 0 aromatic rings. The van der Waals surface area contributed by atoms with Crippen LogP contribution in [0.25, 0.3) is 0 Å². The Morgan fingerprint density at radius 2 is 0.731 bits per heavy atom. The summed E-state index contributed by atoms with van der Waals surface area (Å²) < 4.78 is 0. The van der Waals surface area contributed by atoms with Crippen LogP contribution in [0.3, 0.4) is 0 Å². The minimum Gasteiger partial charge on any atom is -0.394 e. The third-order valence-electron chi connectivity index (χ3n) is 11.0. The number of amides is 1. The van der Waals surface area contributed by atoms with Gasteiger partial charge in [0.1, 0.15) is 6.10 Å². The Kier molecular flexibility index (Phi) is 40.5. The number of hydrogen-bond acceptors (Lipinski definition) is 5. The van der Waals surface area contributed by atoms with Gasteiger partial charge in [-0.05, 0) is 12.8 Å². The van der Waals surface area contributed by atoms with E-state index in [1.807, 2.05) is 0 Å². The molecule has 0 aromatic carbocycles. The quantitative estimate of drug-likeness (QED) is 0.0316. The maximum atomic E-state index is 12.5. The molecule has 0 bridgehead atoms. The second-order valence-electron chi connectivity index (χ2n) is 16.1. The van der Waals surface area contributed by atoms with Crippen LogP contribution in [0.5, 0.6) is 0 Å². The second-order valence-corrected chi connectivity index (χ2v) is 16.1. The maximum absolute atomic E-state index is 12.5. The van der Waals surface area contributed by atoms with Crippen LogP contribution in [0.2, 0.25) is 0 Å². The fraction of sp³-hybridized carbons (Fsp3) is 0.935. The van der Waals surface area contributed by atoms with E-state index in [-0.39, 0.29) is 0 Å². The number of unbranched alkanes of at least 4 members (excludes halogenated alkanes) is 32. The molecule has 4 atom stereocenters. The SMILES string of the molecule is CCCCCCCCCCCCCCCCCCCCCCCCCCC(O)C(=O)N[C@@H](CO)[C@H](O)/C=C/[C@H](O)CCCCCCCCCCCC. The Labute approximate surface area is 323 Å². The Morgan fingerprint density at radius 3 is 1.04 bits per heavy atom. The maximum Gasteiger partial charge on any atom is 0.249 e. The molecule has 6 nitrogen and oxygen atoms in total. The lowest BCUT2D eigenvalue weighted by atomic mass is 10.0. The monoisotopic (exact) mass is 738 g/mol. The molecule has 0 aromatic heterocycles. The first-order chi connectivity index (χ1) is 25.5. The van der Waals surface area contributed by atoms with E-state index in [0.717, 1.165) is 32.1 Å². The molecule has 0 heterocycles. The third-order valence-corrected chi connectivity index (χ3v) is 11.0. The van der Waals surface area contributed by atoms with Crippen molar-refractivity contribution < 1.29 is 25.2 Å². The average molecular weight is 738 g/mol. The van der Waals surface area contributed by atoms with Crippen LogP contribution in [0.4, 0.5) is 0 Å². The molecule has 0 fully saturated rings. The zero-order valence-corrected chi connectivity index (χ0v) is 34.8. The fourth-order valence-electron chi connectivity index (χ4n) is 7.26. The summed E-state index contributed by atoms with van der Waals surface area (Å²) in [6, 6.07) is -0.915. The van der Waals surface area contributed by atoms with Crippen molar-refractivity contribution in [2.24, 2.45) is 0 Å². The van der Waals surface area contributed by atoms with Crippen molar-refractivity contribution in [3.05, 3.63) is 12.2 Å². The standard InChI is InChI=1S/C46H91NO5/c1-3-5-7-9-11-13-15-16-17-18-19-20-21-22-23-24-25-26-27-28-30-32-34-36-38-45(51)46(52)47-43(41-48)44(50)40-39-42(49)37-35-33-31-29-14-12-10-8-6-4-2/h39-40,42-45,48-51H,3-38,41H2,1-2H3,(H,47,52)/b40-39+/t42-,43+,44-,45?/m1/s1. The number of carbonyl (C=O) groups is 1. The fourth-order valence-corrected chi connectivity index (χ4v) is 7.26. The van der Waals surface area contributed by atoms with Gasteiger partial charge in [0, 0.05) is 0 Å². The molecular weight excluding hydrogens is 647 g/mol. The van der Waals surface area contributed by atoms with E-state index in [0.29, 0.717) is 12.8 Å². The van der Waals surface area contributed by atoms with E-state index in [4.69, 9.17) is 0 Å². The number of hydrogen-bond donors (Lipinski definition) is 5. The predicted molar refractivity (Wildman–Crippen MR) is 224 cm³/mol. The van der Waals surface area contributed by atoms with E-state index in [1.54, 1.807) is 6.08 Å². The smallest absolute Gasteiger partial charge is 0.249 e. The van der Waals surface area contributed by atoms with Gasteiger partial charge in [0.05, 0.1) is 24.9 Å². The van der Waals surface area contributed by atoms with Crippen LogP contribution >= 0.6 is 0 Å². The highest BCUT2D eigenvalue weighted by Gasteiger charge is 2.22. The van der Waals surface area contributed by atoms with E-state index < -0.39 is 36.9 Å². The highest BCUT2D eigenvalue weighted by molar-refractivity contribution is 5.80. The van der Waals surface area contributed by atoms with E-state index in [2.05, 4.69) is 19.2 Å². The first kappa shape index (κ1) is 51.0. The van der Waals surface area contributed by atoms with Crippen molar-refractivity contribution in [2.75, 3.05) is 6.61 Å². The molecule has 1 unspecified atom stereocenters. The predicted octanol–water partition coefficient (Wildman–Crippen LogP) is 12.2. The molecule has 0 radical (unpaired) electrons. The van der Waals surface area contributed by atoms with Gasteiger partial charge in [-0.25, -0.2) is 0 Å². The molecule has 0 spiro atoms. The van der Waals surface area contributed by atoms with Crippen LogP contribution < -0.4 is 5.32 Å². The zero-order valence-electron chi connectivity index (χ0n) is 34.8. The third kappa shape index (κ3) is 36.0. The van der Waals surface area contributed by atoms with Gasteiger partial charge < -0.3 is 25.7 Å². The van der Waals surface area contributed by atoms with Crippen molar-refractivity contribution in [3.8, 4) is 0 Å². The molecule has 0 rings (SSSR count). The summed E-state index contributed by atoms with van der Waals surface area (Å²) in [6.07, 6.45) is 45.6. The highest BCUT2D eigenvalue weighted by atomic mass is 16.3. The van der Waals surface area contributed by atoms with Gasteiger partial charge in [-0.15, -0.1) is 0 Å². The lowest BCUT2D eigenvalue weighted by Crippen LogP contribution is -2.48. The summed E-state index contributed by atoms with van der Waals surface area (Å²) in [4.78, 5) is 12.5. The van der Waals surface area contributed by atoms with Crippen LogP contribution in [0.1, 0.15) is 245 Å². The van der Waals surface area contributed by atoms with E-state index in [9.17, 15) is 25.2 Å². The molecule has 310 valence electrons. The summed E-state index contributed by atoms with van der Waals surface area (Å²) in [6.45, 7) is 4.08. The van der Waals surface area contributed by atoms with Gasteiger partial charge in [-0.1, -0.05) is 244 Å². The van der Waals surface area contributed by atoms with E-state index in [1.165, 1.54) is 192 Å². The first-order valence-corrected chi connectivity index (χ1v) is 23.1. The van der Waals surface area contributed by atoms with Gasteiger partial charge in [0.15, 0.2) is 0 Å². The van der Waals surface area contributed by atoms with Crippen molar-refractivity contribution >= 4 is 5.91 Å². The Hall–Kier alpha value is -0.950. The zero-order chi connectivity index (χ0) is 38.2.